The van der Waals surface area contributed by atoms with Crippen molar-refractivity contribution in [3.8, 4) is 0 Å². The van der Waals surface area contributed by atoms with E-state index in [1.807, 2.05) is 36.4 Å². The van der Waals surface area contributed by atoms with Crippen molar-refractivity contribution in [1.29, 1.82) is 0 Å². The molecule has 5 heteroatoms. The van der Waals surface area contributed by atoms with Gasteiger partial charge in [-0.05, 0) is 23.8 Å². The Bertz CT molecular complexity index is 722. The third kappa shape index (κ3) is 1.57. The van der Waals surface area contributed by atoms with Crippen molar-refractivity contribution in [2.75, 3.05) is 0 Å². The first-order chi connectivity index (χ1) is 9.24. The second-order valence-electron chi connectivity index (χ2n) is 4.61. The average Bonchev–Trinajstić information content (AvgIpc) is 3.08. The molecule has 19 heavy (non-hydrogen) atoms. The third-order valence-electron chi connectivity index (χ3n) is 3.53. The van der Waals surface area contributed by atoms with E-state index in [0.717, 1.165) is 32.5 Å². The standard InChI is InChI=1S/C14H9ClN2OS/c15-13-6-5-12(19-13)10-7-11-8-3-1-2-4-9(8)14(18)17(11)16-10/h1-6,11H,7H2. The van der Waals surface area contributed by atoms with Gasteiger partial charge in [0, 0.05) is 12.0 Å². The van der Waals surface area contributed by atoms with Crippen LogP contribution in [-0.2, 0) is 0 Å². The van der Waals surface area contributed by atoms with E-state index in [0.29, 0.717) is 0 Å². The zero-order chi connectivity index (χ0) is 13.0. The van der Waals surface area contributed by atoms with E-state index in [2.05, 4.69) is 5.10 Å². The van der Waals surface area contributed by atoms with E-state index in [4.69, 9.17) is 11.6 Å². The number of benzene rings is 1. The van der Waals surface area contributed by atoms with Crippen LogP contribution in [0.2, 0.25) is 4.34 Å². The highest BCUT2D eigenvalue weighted by Crippen LogP contribution is 2.41. The maximum absolute atomic E-state index is 12.3. The SMILES string of the molecule is O=C1c2ccccc2C2CC(c3ccc(Cl)s3)=NN12. The summed E-state index contributed by atoms with van der Waals surface area (Å²) in [6.45, 7) is 0. The molecule has 1 atom stereocenters. The van der Waals surface area contributed by atoms with Crippen LogP contribution in [0.15, 0.2) is 41.5 Å². The van der Waals surface area contributed by atoms with Crippen molar-refractivity contribution in [1.82, 2.24) is 5.01 Å². The van der Waals surface area contributed by atoms with E-state index >= 15 is 0 Å². The number of hydrogen-bond acceptors (Lipinski definition) is 3. The molecule has 3 heterocycles. The molecule has 0 saturated heterocycles. The Kier molecular flexibility index (Phi) is 2.31. The summed E-state index contributed by atoms with van der Waals surface area (Å²) in [6, 6.07) is 11.6. The van der Waals surface area contributed by atoms with E-state index in [9.17, 15) is 4.79 Å². The molecule has 2 aliphatic heterocycles. The van der Waals surface area contributed by atoms with Gasteiger partial charge in [0.15, 0.2) is 0 Å². The van der Waals surface area contributed by atoms with Gasteiger partial charge in [-0.3, -0.25) is 4.79 Å². The van der Waals surface area contributed by atoms with Gasteiger partial charge in [0.05, 0.1) is 21.0 Å². The first-order valence-electron chi connectivity index (χ1n) is 6.00. The largest absolute Gasteiger partial charge is 0.274 e. The number of hydrazone groups is 1. The lowest BCUT2D eigenvalue weighted by Crippen LogP contribution is -2.17. The summed E-state index contributed by atoms with van der Waals surface area (Å²) in [4.78, 5) is 13.3. The summed E-state index contributed by atoms with van der Waals surface area (Å²) in [6.07, 6.45) is 0.763. The van der Waals surface area contributed by atoms with Crippen LogP contribution in [0.5, 0.6) is 0 Å². The highest BCUT2D eigenvalue weighted by molar-refractivity contribution is 7.18. The topological polar surface area (TPSA) is 32.7 Å². The predicted molar refractivity (Wildman–Crippen MR) is 75.8 cm³/mol. The van der Waals surface area contributed by atoms with Crippen LogP contribution in [-0.4, -0.2) is 16.6 Å². The fraction of sp³-hybridized carbons (Fsp3) is 0.143. The zero-order valence-electron chi connectivity index (χ0n) is 9.84. The van der Waals surface area contributed by atoms with Crippen molar-refractivity contribution in [2.45, 2.75) is 12.5 Å². The van der Waals surface area contributed by atoms with Gasteiger partial charge in [-0.25, -0.2) is 5.01 Å². The quantitative estimate of drug-likeness (QED) is 0.787. The van der Waals surface area contributed by atoms with Gasteiger partial charge in [0.25, 0.3) is 5.91 Å². The van der Waals surface area contributed by atoms with Crippen LogP contribution in [0.4, 0.5) is 0 Å². The number of carbonyl (C=O) groups is 1. The number of rotatable bonds is 1. The van der Waals surface area contributed by atoms with Crippen LogP contribution >= 0.6 is 22.9 Å². The molecule has 3 nitrogen and oxygen atoms in total. The maximum Gasteiger partial charge on any atom is 0.274 e. The van der Waals surface area contributed by atoms with Gasteiger partial charge in [0.1, 0.15) is 0 Å². The number of halogens is 1. The summed E-state index contributed by atoms with van der Waals surface area (Å²) < 4.78 is 0.747. The van der Waals surface area contributed by atoms with Crippen LogP contribution in [0.3, 0.4) is 0 Å². The maximum atomic E-state index is 12.3. The number of amides is 1. The molecule has 4 rings (SSSR count). The number of nitrogens with zero attached hydrogens (tertiary/aromatic N) is 2. The van der Waals surface area contributed by atoms with E-state index < -0.39 is 0 Å². The third-order valence-corrected chi connectivity index (χ3v) is 4.81. The van der Waals surface area contributed by atoms with Crippen molar-refractivity contribution in [2.24, 2.45) is 5.10 Å². The number of hydrogen-bond donors (Lipinski definition) is 0. The fourth-order valence-corrected chi connectivity index (χ4v) is 3.70. The average molecular weight is 289 g/mol. The predicted octanol–water partition coefficient (Wildman–Crippen LogP) is 3.71. The molecule has 0 fully saturated rings. The normalized spacial score (nSPS) is 20.5. The van der Waals surface area contributed by atoms with Crippen LogP contribution < -0.4 is 0 Å². The molecule has 1 unspecified atom stereocenters. The van der Waals surface area contributed by atoms with Crippen molar-refractivity contribution in [3.05, 3.63) is 56.7 Å². The van der Waals surface area contributed by atoms with Gasteiger partial charge in [0.2, 0.25) is 0 Å². The first-order valence-corrected chi connectivity index (χ1v) is 7.19. The second kappa shape index (κ2) is 3.92. The summed E-state index contributed by atoms with van der Waals surface area (Å²) >= 11 is 7.46. The number of thiophene rings is 1. The minimum atomic E-state index is -0.00162. The van der Waals surface area contributed by atoms with E-state index in [1.165, 1.54) is 11.3 Å². The molecular weight excluding hydrogens is 280 g/mol. The van der Waals surface area contributed by atoms with Crippen molar-refractivity contribution in [3.63, 3.8) is 0 Å². The lowest BCUT2D eigenvalue weighted by Gasteiger charge is -2.10. The molecule has 1 amide bonds. The van der Waals surface area contributed by atoms with Gasteiger partial charge >= 0.3 is 0 Å². The molecule has 0 N–H and O–H groups in total. The van der Waals surface area contributed by atoms with Crippen LogP contribution in [0.25, 0.3) is 0 Å². The number of fused-ring (bicyclic) bond motifs is 3. The highest BCUT2D eigenvalue weighted by Gasteiger charge is 2.41. The Balaban J connectivity index is 1.75. The minimum absolute atomic E-state index is 0.00162. The number of carbonyl (C=O) groups excluding carboxylic acids is 1. The van der Waals surface area contributed by atoms with Gasteiger partial charge in [-0.15, -0.1) is 11.3 Å². The van der Waals surface area contributed by atoms with Gasteiger partial charge < -0.3 is 0 Å². The molecule has 0 bridgehead atoms. The second-order valence-corrected chi connectivity index (χ2v) is 6.32. The fourth-order valence-electron chi connectivity index (χ4n) is 2.66. The van der Waals surface area contributed by atoms with Gasteiger partial charge in [-0.2, -0.15) is 5.10 Å². The van der Waals surface area contributed by atoms with E-state index in [1.54, 1.807) is 5.01 Å². The molecule has 0 aliphatic carbocycles. The molecule has 1 aromatic carbocycles. The van der Waals surface area contributed by atoms with Gasteiger partial charge in [-0.1, -0.05) is 29.8 Å². The summed E-state index contributed by atoms with van der Waals surface area (Å²) in [7, 11) is 0. The Morgan fingerprint density at radius 1 is 1.26 bits per heavy atom. The Labute approximate surface area is 119 Å². The van der Waals surface area contributed by atoms with Crippen molar-refractivity contribution >= 4 is 34.6 Å². The zero-order valence-corrected chi connectivity index (χ0v) is 11.4. The molecular formula is C14H9ClN2OS. The van der Waals surface area contributed by atoms with E-state index in [-0.39, 0.29) is 11.9 Å². The monoisotopic (exact) mass is 288 g/mol. The first kappa shape index (κ1) is 11.2. The van der Waals surface area contributed by atoms with Crippen LogP contribution in [0.1, 0.15) is 33.3 Å². The molecule has 94 valence electrons. The lowest BCUT2D eigenvalue weighted by molar-refractivity contribution is 0.0756. The smallest absolute Gasteiger partial charge is 0.267 e. The Hall–Kier alpha value is -1.65. The summed E-state index contributed by atoms with van der Waals surface area (Å²) in [5.41, 5.74) is 2.80. The molecule has 0 saturated carbocycles. The molecule has 0 spiro atoms. The minimum Gasteiger partial charge on any atom is -0.267 e. The summed E-state index contributed by atoms with van der Waals surface area (Å²) in [5.74, 6) is -0.00162. The Morgan fingerprint density at radius 3 is 2.89 bits per heavy atom. The molecule has 0 radical (unpaired) electrons. The van der Waals surface area contributed by atoms with Crippen molar-refractivity contribution < 1.29 is 4.79 Å². The molecule has 1 aromatic heterocycles. The molecule has 2 aliphatic rings. The lowest BCUT2D eigenvalue weighted by atomic mass is 10.0. The molecule has 2 aromatic rings. The summed E-state index contributed by atoms with van der Waals surface area (Å²) in [5, 5.41) is 6.09. The van der Waals surface area contributed by atoms with Crippen LogP contribution in [0, 0.1) is 0 Å². The highest BCUT2D eigenvalue weighted by atomic mass is 35.5. The Morgan fingerprint density at radius 2 is 2.11 bits per heavy atom.